The quantitative estimate of drug-likeness (QED) is 0.847. The minimum atomic E-state index is -0.493. The normalized spacial score (nSPS) is 14.9. The van der Waals surface area contributed by atoms with Gasteiger partial charge in [0.25, 0.3) is 0 Å². The first-order valence-electron chi connectivity index (χ1n) is 5.49. The van der Waals surface area contributed by atoms with Gasteiger partial charge in [0.1, 0.15) is 5.75 Å². The Labute approximate surface area is 107 Å². The van der Waals surface area contributed by atoms with E-state index in [4.69, 9.17) is 10.5 Å². The topological polar surface area (TPSA) is 64.4 Å². The van der Waals surface area contributed by atoms with Crippen LogP contribution in [-0.2, 0) is 11.2 Å². The molecule has 4 nitrogen and oxygen atoms in total. The number of benzene rings is 1. The van der Waals surface area contributed by atoms with Crippen LogP contribution in [0, 0.1) is 0 Å². The van der Waals surface area contributed by atoms with Gasteiger partial charge in [0.15, 0.2) is 0 Å². The molecular weight excluding hydrogens is 240 g/mol. The first kappa shape index (κ1) is 13.8. The van der Waals surface area contributed by atoms with Gasteiger partial charge in [0.2, 0.25) is 5.91 Å². The predicted molar refractivity (Wildman–Crippen MR) is 69.8 cm³/mol. The Bertz CT molecular complexity index is 407. The lowest BCUT2D eigenvalue weighted by atomic mass is 10.1. The Morgan fingerprint density at radius 1 is 1.53 bits per heavy atom. The fourth-order valence-electron chi connectivity index (χ4n) is 1.69. The van der Waals surface area contributed by atoms with Gasteiger partial charge in [-0.15, -0.1) is 12.4 Å². The number of hydrogen-bond donors (Lipinski definition) is 2. The maximum atomic E-state index is 11.4. The number of ether oxygens (including phenoxy) is 1. The van der Waals surface area contributed by atoms with Gasteiger partial charge in [-0.3, -0.25) is 4.79 Å². The zero-order valence-electron chi connectivity index (χ0n) is 9.73. The summed E-state index contributed by atoms with van der Waals surface area (Å²) < 4.78 is 5.49. The van der Waals surface area contributed by atoms with Crippen molar-refractivity contribution in [2.24, 2.45) is 5.73 Å². The summed E-state index contributed by atoms with van der Waals surface area (Å²) in [4.78, 5) is 11.4. The lowest BCUT2D eigenvalue weighted by Gasteiger charge is -2.18. The summed E-state index contributed by atoms with van der Waals surface area (Å²) in [5.41, 5.74) is 7.42. The van der Waals surface area contributed by atoms with Crippen molar-refractivity contribution in [1.82, 2.24) is 0 Å². The van der Waals surface area contributed by atoms with E-state index in [1.54, 1.807) is 6.92 Å². The number of aryl methyl sites for hydroxylation is 1. The molecule has 94 valence electrons. The molecule has 0 radical (unpaired) electrons. The first-order chi connectivity index (χ1) is 7.66. The SMILES string of the molecule is C[C@H](N)C(=O)Nc1ccc2c(c1)CCCO2.Cl. The standard InChI is InChI=1S/C12H16N2O2.ClH/c1-8(13)12(15)14-10-4-5-11-9(7-10)3-2-6-16-11;/h4-5,7-8H,2-3,6,13H2,1H3,(H,14,15);1H/t8-;/m0./s1. The molecule has 0 aromatic heterocycles. The molecule has 3 N–H and O–H groups in total. The average molecular weight is 257 g/mol. The molecule has 0 unspecified atom stereocenters. The van der Waals surface area contributed by atoms with Crippen LogP contribution < -0.4 is 15.8 Å². The smallest absolute Gasteiger partial charge is 0.240 e. The molecule has 0 spiro atoms. The summed E-state index contributed by atoms with van der Waals surface area (Å²) in [6.45, 7) is 2.44. The summed E-state index contributed by atoms with van der Waals surface area (Å²) >= 11 is 0. The zero-order valence-corrected chi connectivity index (χ0v) is 10.5. The molecule has 5 heteroatoms. The third-order valence-corrected chi connectivity index (χ3v) is 2.59. The Morgan fingerprint density at radius 2 is 2.29 bits per heavy atom. The van der Waals surface area contributed by atoms with Crippen molar-refractivity contribution in [1.29, 1.82) is 0 Å². The van der Waals surface area contributed by atoms with Crippen LogP contribution in [0.3, 0.4) is 0 Å². The van der Waals surface area contributed by atoms with Crippen LogP contribution >= 0.6 is 12.4 Å². The Kier molecular flexibility index (Phi) is 4.78. The van der Waals surface area contributed by atoms with Crippen molar-refractivity contribution in [3.8, 4) is 5.75 Å². The van der Waals surface area contributed by atoms with Crippen LogP contribution in [0.25, 0.3) is 0 Å². The van der Waals surface area contributed by atoms with Crippen LogP contribution in [-0.4, -0.2) is 18.6 Å². The second kappa shape index (κ2) is 5.89. The largest absolute Gasteiger partial charge is 0.493 e. The molecule has 1 atom stereocenters. The van der Waals surface area contributed by atoms with Crippen LogP contribution in [0.4, 0.5) is 5.69 Å². The molecule has 1 aliphatic heterocycles. The molecule has 0 bridgehead atoms. The van der Waals surface area contributed by atoms with Crippen molar-refractivity contribution >= 4 is 24.0 Å². The molecule has 0 saturated heterocycles. The van der Waals surface area contributed by atoms with Crippen LogP contribution in [0.5, 0.6) is 5.75 Å². The van der Waals surface area contributed by atoms with E-state index >= 15 is 0 Å². The number of nitrogens with two attached hydrogens (primary N) is 1. The zero-order chi connectivity index (χ0) is 11.5. The lowest BCUT2D eigenvalue weighted by molar-refractivity contribution is -0.117. The monoisotopic (exact) mass is 256 g/mol. The highest BCUT2D eigenvalue weighted by Gasteiger charge is 2.12. The Morgan fingerprint density at radius 3 is 3.00 bits per heavy atom. The molecule has 0 aliphatic carbocycles. The molecule has 1 aromatic rings. The van der Waals surface area contributed by atoms with E-state index in [0.717, 1.165) is 36.4 Å². The van der Waals surface area contributed by atoms with Crippen molar-refractivity contribution in [3.63, 3.8) is 0 Å². The maximum Gasteiger partial charge on any atom is 0.240 e. The van der Waals surface area contributed by atoms with Gasteiger partial charge < -0.3 is 15.8 Å². The number of hydrogen-bond acceptors (Lipinski definition) is 3. The van der Waals surface area contributed by atoms with E-state index in [0.29, 0.717) is 0 Å². The van der Waals surface area contributed by atoms with Crippen molar-refractivity contribution in [3.05, 3.63) is 23.8 Å². The van der Waals surface area contributed by atoms with Gasteiger partial charge >= 0.3 is 0 Å². The van der Waals surface area contributed by atoms with Gasteiger partial charge in [0.05, 0.1) is 12.6 Å². The molecule has 1 aliphatic rings. The highest BCUT2D eigenvalue weighted by Crippen LogP contribution is 2.27. The number of halogens is 1. The fraction of sp³-hybridized carbons (Fsp3) is 0.417. The van der Waals surface area contributed by atoms with Crippen LogP contribution in [0.1, 0.15) is 18.9 Å². The van der Waals surface area contributed by atoms with E-state index in [1.807, 2.05) is 18.2 Å². The van der Waals surface area contributed by atoms with Gasteiger partial charge in [-0.1, -0.05) is 0 Å². The maximum absolute atomic E-state index is 11.4. The molecule has 0 saturated carbocycles. The predicted octanol–water partition coefficient (Wildman–Crippen LogP) is 1.72. The molecule has 1 aromatic carbocycles. The van der Waals surface area contributed by atoms with E-state index in [-0.39, 0.29) is 18.3 Å². The number of fused-ring (bicyclic) bond motifs is 1. The van der Waals surface area contributed by atoms with E-state index in [2.05, 4.69) is 5.32 Å². The molecule has 0 fully saturated rings. The molecule has 2 rings (SSSR count). The summed E-state index contributed by atoms with van der Waals surface area (Å²) in [5.74, 6) is 0.752. The molecule has 17 heavy (non-hydrogen) atoms. The third kappa shape index (κ3) is 3.35. The first-order valence-corrected chi connectivity index (χ1v) is 5.49. The average Bonchev–Trinajstić information content (AvgIpc) is 2.28. The van der Waals surface area contributed by atoms with Gasteiger partial charge in [-0.05, 0) is 43.5 Å². The fourth-order valence-corrected chi connectivity index (χ4v) is 1.69. The number of amides is 1. The van der Waals surface area contributed by atoms with Crippen LogP contribution in [0.2, 0.25) is 0 Å². The minimum Gasteiger partial charge on any atom is -0.493 e. The third-order valence-electron chi connectivity index (χ3n) is 2.59. The Hall–Kier alpha value is -1.26. The van der Waals surface area contributed by atoms with Crippen molar-refractivity contribution < 1.29 is 9.53 Å². The summed E-state index contributed by atoms with van der Waals surface area (Å²) in [6, 6.07) is 5.19. The number of carbonyl (C=O) groups is 1. The van der Waals surface area contributed by atoms with Gasteiger partial charge in [0, 0.05) is 5.69 Å². The minimum absolute atomic E-state index is 0. The number of nitrogens with one attached hydrogen (secondary N) is 1. The number of anilines is 1. The molecule has 1 amide bonds. The second-order valence-corrected chi connectivity index (χ2v) is 4.05. The van der Waals surface area contributed by atoms with E-state index in [9.17, 15) is 4.79 Å². The highest BCUT2D eigenvalue weighted by atomic mass is 35.5. The second-order valence-electron chi connectivity index (χ2n) is 4.05. The summed E-state index contributed by atoms with van der Waals surface area (Å²) in [5, 5.41) is 2.77. The summed E-state index contributed by atoms with van der Waals surface area (Å²) in [6.07, 6.45) is 2.02. The van der Waals surface area contributed by atoms with Crippen molar-refractivity contribution in [2.75, 3.05) is 11.9 Å². The van der Waals surface area contributed by atoms with Gasteiger partial charge in [-0.25, -0.2) is 0 Å². The lowest BCUT2D eigenvalue weighted by Crippen LogP contribution is -2.32. The Balaban J connectivity index is 0.00000144. The van der Waals surface area contributed by atoms with E-state index < -0.39 is 6.04 Å². The highest BCUT2D eigenvalue weighted by molar-refractivity contribution is 5.94. The van der Waals surface area contributed by atoms with Gasteiger partial charge in [-0.2, -0.15) is 0 Å². The molecular formula is C12H17ClN2O2. The number of rotatable bonds is 2. The summed E-state index contributed by atoms with van der Waals surface area (Å²) in [7, 11) is 0. The number of carbonyl (C=O) groups excluding carboxylic acids is 1. The van der Waals surface area contributed by atoms with Crippen LogP contribution in [0.15, 0.2) is 18.2 Å². The molecule has 1 heterocycles. The van der Waals surface area contributed by atoms with Crippen molar-refractivity contribution in [2.45, 2.75) is 25.8 Å². The van der Waals surface area contributed by atoms with E-state index in [1.165, 1.54) is 0 Å².